The first-order valence-electron chi connectivity index (χ1n) is 8.83. The van der Waals surface area contributed by atoms with Gasteiger partial charge in [-0.3, -0.25) is 9.59 Å². The topological polar surface area (TPSA) is 59.3 Å². The maximum atomic E-state index is 12.8. The van der Waals surface area contributed by atoms with Crippen LogP contribution in [0.1, 0.15) is 32.0 Å². The molecule has 144 valence electrons. The molecule has 4 aromatic rings. The van der Waals surface area contributed by atoms with E-state index < -0.39 is 0 Å². The quantitative estimate of drug-likeness (QED) is 0.379. The summed E-state index contributed by atoms with van der Waals surface area (Å²) >= 11 is 12.0. The molecule has 0 bridgehead atoms. The van der Waals surface area contributed by atoms with Gasteiger partial charge in [0.05, 0.1) is 10.6 Å². The van der Waals surface area contributed by atoms with E-state index in [1.807, 2.05) is 13.0 Å². The van der Waals surface area contributed by atoms with Crippen molar-refractivity contribution < 1.29 is 14.0 Å². The summed E-state index contributed by atoms with van der Waals surface area (Å²) < 4.78 is 5.84. The maximum Gasteiger partial charge on any atom is 0.257 e. The van der Waals surface area contributed by atoms with Crippen molar-refractivity contribution in [3.63, 3.8) is 0 Å². The van der Waals surface area contributed by atoms with E-state index in [1.165, 1.54) is 0 Å². The number of nitrogens with one attached hydrogen (secondary N) is 1. The standard InChI is InChI=1S/C23H15Cl2NO3/c1-13-17-11-10-16(26-23(28)18-4-2-3-5-19(18)25)12-20(17)29-22(13)21(27)14-6-8-15(24)9-7-14/h2-12H,1H3,(H,26,28). The molecule has 0 aliphatic rings. The molecule has 0 fully saturated rings. The van der Waals surface area contributed by atoms with Crippen LogP contribution >= 0.6 is 23.2 Å². The monoisotopic (exact) mass is 423 g/mol. The van der Waals surface area contributed by atoms with Gasteiger partial charge in [-0.1, -0.05) is 35.3 Å². The van der Waals surface area contributed by atoms with Crippen LogP contribution in [0.2, 0.25) is 10.0 Å². The minimum atomic E-state index is -0.323. The molecule has 4 rings (SSSR count). The van der Waals surface area contributed by atoms with Crippen molar-refractivity contribution in [1.29, 1.82) is 0 Å². The summed E-state index contributed by atoms with van der Waals surface area (Å²) in [6.45, 7) is 1.83. The molecule has 0 aliphatic carbocycles. The van der Waals surface area contributed by atoms with Gasteiger partial charge in [0.2, 0.25) is 5.78 Å². The number of amides is 1. The normalized spacial score (nSPS) is 10.9. The molecule has 3 aromatic carbocycles. The second-order valence-corrected chi connectivity index (χ2v) is 7.38. The fourth-order valence-electron chi connectivity index (χ4n) is 3.10. The summed E-state index contributed by atoms with van der Waals surface area (Å²) in [6.07, 6.45) is 0. The molecule has 0 radical (unpaired) electrons. The van der Waals surface area contributed by atoms with Crippen molar-refractivity contribution in [2.75, 3.05) is 5.32 Å². The lowest BCUT2D eigenvalue weighted by atomic mass is 10.0. The summed E-state index contributed by atoms with van der Waals surface area (Å²) in [6, 6.07) is 18.7. The first-order valence-corrected chi connectivity index (χ1v) is 9.59. The molecule has 0 spiro atoms. The molecule has 1 amide bonds. The van der Waals surface area contributed by atoms with Crippen molar-refractivity contribution in [1.82, 2.24) is 0 Å². The Kier molecular flexibility index (Phi) is 5.14. The van der Waals surface area contributed by atoms with Crippen LogP contribution in [0.15, 0.2) is 71.1 Å². The molecule has 0 aliphatic heterocycles. The number of furan rings is 1. The summed E-state index contributed by atoms with van der Waals surface area (Å²) in [5.74, 6) is -0.287. The smallest absolute Gasteiger partial charge is 0.257 e. The van der Waals surface area contributed by atoms with Crippen molar-refractivity contribution in [2.45, 2.75) is 6.92 Å². The Bertz CT molecular complexity index is 1240. The third-order valence-electron chi connectivity index (χ3n) is 4.63. The number of carbonyl (C=O) groups excluding carboxylic acids is 2. The van der Waals surface area contributed by atoms with Crippen LogP contribution in [0.25, 0.3) is 11.0 Å². The first-order chi connectivity index (χ1) is 13.9. The molecule has 0 unspecified atom stereocenters. The van der Waals surface area contributed by atoms with Crippen molar-refractivity contribution >= 4 is 51.5 Å². The fraction of sp³-hybridized carbons (Fsp3) is 0.0435. The van der Waals surface area contributed by atoms with Gasteiger partial charge in [-0.15, -0.1) is 0 Å². The van der Waals surface area contributed by atoms with Crippen LogP contribution in [0.3, 0.4) is 0 Å². The van der Waals surface area contributed by atoms with Crippen LogP contribution < -0.4 is 5.32 Å². The predicted octanol–water partition coefficient (Wildman–Crippen LogP) is 6.53. The van der Waals surface area contributed by atoms with Gasteiger partial charge < -0.3 is 9.73 Å². The molecule has 4 nitrogen and oxygen atoms in total. The van der Waals surface area contributed by atoms with Crippen LogP contribution in [0.5, 0.6) is 0 Å². The third-order valence-corrected chi connectivity index (χ3v) is 5.21. The highest BCUT2D eigenvalue weighted by Crippen LogP contribution is 2.30. The zero-order valence-corrected chi connectivity index (χ0v) is 16.8. The number of aryl methyl sites for hydroxylation is 1. The van der Waals surface area contributed by atoms with E-state index >= 15 is 0 Å². The molecular weight excluding hydrogens is 409 g/mol. The molecule has 0 saturated heterocycles. The highest BCUT2D eigenvalue weighted by molar-refractivity contribution is 6.34. The van der Waals surface area contributed by atoms with E-state index in [0.29, 0.717) is 32.4 Å². The van der Waals surface area contributed by atoms with E-state index in [9.17, 15) is 9.59 Å². The zero-order valence-electron chi connectivity index (χ0n) is 15.3. The summed E-state index contributed by atoms with van der Waals surface area (Å²) in [5.41, 5.74) is 2.66. The number of ketones is 1. The number of rotatable bonds is 4. The fourth-order valence-corrected chi connectivity index (χ4v) is 3.44. The lowest BCUT2D eigenvalue weighted by molar-refractivity contribution is 0.101. The largest absolute Gasteiger partial charge is 0.452 e. The Morgan fingerprint density at radius 3 is 2.38 bits per heavy atom. The van der Waals surface area contributed by atoms with Gasteiger partial charge >= 0.3 is 0 Å². The molecule has 29 heavy (non-hydrogen) atoms. The lowest BCUT2D eigenvalue weighted by Crippen LogP contribution is -2.12. The van der Waals surface area contributed by atoms with Crippen LogP contribution in [0, 0.1) is 6.92 Å². The van der Waals surface area contributed by atoms with Crippen LogP contribution in [-0.2, 0) is 0 Å². The summed E-state index contributed by atoms with van der Waals surface area (Å²) in [5, 5.41) is 4.54. The summed E-state index contributed by atoms with van der Waals surface area (Å²) in [7, 11) is 0. The molecule has 1 heterocycles. The number of carbonyl (C=O) groups is 2. The number of anilines is 1. The number of hydrogen-bond donors (Lipinski definition) is 1. The Morgan fingerprint density at radius 1 is 0.931 bits per heavy atom. The van der Waals surface area contributed by atoms with E-state index in [4.69, 9.17) is 27.6 Å². The summed E-state index contributed by atoms with van der Waals surface area (Å²) in [4.78, 5) is 25.3. The molecule has 0 atom stereocenters. The maximum absolute atomic E-state index is 12.8. The van der Waals surface area contributed by atoms with E-state index in [1.54, 1.807) is 60.7 Å². The van der Waals surface area contributed by atoms with Gasteiger partial charge in [0, 0.05) is 33.3 Å². The Labute approximate surface area is 177 Å². The SMILES string of the molecule is Cc1c(C(=O)c2ccc(Cl)cc2)oc2cc(NC(=O)c3ccccc3Cl)ccc12. The second kappa shape index (κ2) is 7.74. The number of fused-ring (bicyclic) bond motifs is 1. The second-order valence-electron chi connectivity index (χ2n) is 6.54. The van der Waals surface area contributed by atoms with Crippen molar-refractivity contribution in [2.24, 2.45) is 0 Å². The Morgan fingerprint density at radius 2 is 1.66 bits per heavy atom. The van der Waals surface area contributed by atoms with Crippen LogP contribution in [0.4, 0.5) is 5.69 Å². The number of hydrogen-bond acceptors (Lipinski definition) is 3. The Hall–Kier alpha value is -3.08. The van der Waals surface area contributed by atoms with E-state index in [0.717, 1.165) is 10.9 Å². The van der Waals surface area contributed by atoms with Gasteiger partial charge in [0.25, 0.3) is 5.91 Å². The van der Waals surface area contributed by atoms with Gasteiger partial charge in [0.1, 0.15) is 5.58 Å². The average molecular weight is 424 g/mol. The molecule has 1 aromatic heterocycles. The van der Waals surface area contributed by atoms with Crippen LogP contribution in [-0.4, -0.2) is 11.7 Å². The van der Waals surface area contributed by atoms with Gasteiger partial charge in [0.15, 0.2) is 5.76 Å². The van der Waals surface area contributed by atoms with Gasteiger partial charge in [-0.25, -0.2) is 0 Å². The highest BCUT2D eigenvalue weighted by atomic mass is 35.5. The lowest BCUT2D eigenvalue weighted by Gasteiger charge is -2.06. The molecule has 6 heteroatoms. The van der Waals surface area contributed by atoms with E-state index in [2.05, 4.69) is 5.32 Å². The minimum absolute atomic E-state index is 0.225. The van der Waals surface area contributed by atoms with Gasteiger partial charge in [-0.2, -0.15) is 0 Å². The molecule has 0 saturated carbocycles. The average Bonchev–Trinajstić information content (AvgIpc) is 3.04. The van der Waals surface area contributed by atoms with Crippen molar-refractivity contribution in [3.8, 4) is 0 Å². The highest BCUT2D eigenvalue weighted by Gasteiger charge is 2.20. The number of halogens is 2. The third kappa shape index (κ3) is 3.77. The van der Waals surface area contributed by atoms with E-state index in [-0.39, 0.29) is 17.5 Å². The van der Waals surface area contributed by atoms with Crippen molar-refractivity contribution in [3.05, 3.63) is 99.2 Å². The minimum Gasteiger partial charge on any atom is -0.452 e. The predicted molar refractivity (Wildman–Crippen MR) is 115 cm³/mol. The van der Waals surface area contributed by atoms with Gasteiger partial charge in [-0.05, 0) is 55.5 Å². The Balaban J connectivity index is 1.65. The first kappa shape index (κ1) is 19.2. The zero-order chi connectivity index (χ0) is 20.5. The molecular formula is C23H15Cl2NO3. The molecule has 1 N–H and O–H groups in total. The number of benzene rings is 3.